The lowest BCUT2D eigenvalue weighted by molar-refractivity contribution is 0.570. The van der Waals surface area contributed by atoms with Crippen LogP contribution in [0.2, 0.25) is 0 Å². The standard InChI is InChI=1S/C14H23N7/c1-15-14(16-6-3-9-21-10-4-7-18-21)17-8-5-13-11-19-20(2)12-13/h4,7,10-12H,3,5-6,8-9H2,1-2H3,(H2,15,16,17). The fourth-order valence-electron chi connectivity index (χ4n) is 2.03. The van der Waals surface area contributed by atoms with Crippen LogP contribution in [0.15, 0.2) is 35.8 Å². The van der Waals surface area contributed by atoms with Gasteiger partial charge in [0.05, 0.1) is 6.20 Å². The Hall–Kier alpha value is -2.31. The quantitative estimate of drug-likeness (QED) is 0.440. The van der Waals surface area contributed by atoms with Crippen LogP contribution in [0, 0.1) is 0 Å². The van der Waals surface area contributed by atoms with Crippen molar-refractivity contribution in [2.24, 2.45) is 12.0 Å². The van der Waals surface area contributed by atoms with Crippen LogP contribution >= 0.6 is 0 Å². The number of aromatic nitrogens is 4. The largest absolute Gasteiger partial charge is 0.356 e. The number of hydrogen-bond acceptors (Lipinski definition) is 3. The highest BCUT2D eigenvalue weighted by Gasteiger charge is 1.99. The average Bonchev–Trinajstić information content (AvgIpc) is 3.13. The van der Waals surface area contributed by atoms with E-state index < -0.39 is 0 Å². The first-order valence-electron chi connectivity index (χ1n) is 7.17. The van der Waals surface area contributed by atoms with E-state index in [1.165, 1.54) is 5.56 Å². The second-order valence-electron chi connectivity index (χ2n) is 4.82. The first-order valence-corrected chi connectivity index (χ1v) is 7.17. The summed E-state index contributed by atoms with van der Waals surface area (Å²) in [7, 11) is 3.71. The zero-order valence-electron chi connectivity index (χ0n) is 12.7. The molecule has 0 bridgehead atoms. The Kier molecular flexibility index (Phi) is 5.81. The fourth-order valence-corrected chi connectivity index (χ4v) is 2.03. The van der Waals surface area contributed by atoms with Gasteiger partial charge in [-0.1, -0.05) is 0 Å². The van der Waals surface area contributed by atoms with Crippen molar-refractivity contribution in [3.63, 3.8) is 0 Å². The van der Waals surface area contributed by atoms with Crippen LogP contribution in [0.25, 0.3) is 0 Å². The zero-order valence-corrected chi connectivity index (χ0v) is 12.7. The molecule has 0 saturated carbocycles. The van der Waals surface area contributed by atoms with Crippen molar-refractivity contribution in [3.8, 4) is 0 Å². The van der Waals surface area contributed by atoms with Crippen LogP contribution in [0.1, 0.15) is 12.0 Å². The van der Waals surface area contributed by atoms with Gasteiger partial charge in [-0.2, -0.15) is 10.2 Å². The Morgan fingerprint density at radius 3 is 2.81 bits per heavy atom. The highest BCUT2D eigenvalue weighted by Crippen LogP contribution is 1.95. The van der Waals surface area contributed by atoms with E-state index in [4.69, 9.17) is 0 Å². The molecule has 0 unspecified atom stereocenters. The van der Waals surface area contributed by atoms with Gasteiger partial charge in [0.25, 0.3) is 0 Å². The molecule has 0 aliphatic heterocycles. The van der Waals surface area contributed by atoms with Crippen molar-refractivity contribution in [2.75, 3.05) is 20.1 Å². The van der Waals surface area contributed by atoms with E-state index in [1.54, 1.807) is 13.2 Å². The summed E-state index contributed by atoms with van der Waals surface area (Å²) >= 11 is 0. The number of guanidine groups is 1. The van der Waals surface area contributed by atoms with E-state index in [2.05, 4.69) is 25.8 Å². The minimum absolute atomic E-state index is 0.833. The van der Waals surface area contributed by atoms with Gasteiger partial charge in [0.1, 0.15) is 0 Å². The Bertz CT molecular complexity index is 541. The van der Waals surface area contributed by atoms with Crippen molar-refractivity contribution in [1.82, 2.24) is 30.2 Å². The van der Waals surface area contributed by atoms with Gasteiger partial charge in [-0.3, -0.25) is 14.4 Å². The smallest absolute Gasteiger partial charge is 0.190 e. The van der Waals surface area contributed by atoms with Gasteiger partial charge in [-0.25, -0.2) is 0 Å². The van der Waals surface area contributed by atoms with E-state index >= 15 is 0 Å². The zero-order chi connectivity index (χ0) is 14.9. The van der Waals surface area contributed by atoms with Crippen molar-refractivity contribution < 1.29 is 0 Å². The minimum Gasteiger partial charge on any atom is -0.356 e. The third kappa shape index (κ3) is 5.29. The Morgan fingerprint density at radius 2 is 2.14 bits per heavy atom. The van der Waals surface area contributed by atoms with Gasteiger partial charge in [0.2, 0.25) is 0 Å². The minimum atomic E-state index is 0.833. The van der Waals surface area contributed by atoms with Gasteiger partial charge in [0.15, 0.2) is 5.96 Å². The number of nitrogens with zero attached hydrogens (tertiary/aromatic N) is 5. The summed E-state index contributed by atoms with van der Waals surface area (Å²) in [4.78, 5) is 4.21. The fraction of sp³-hybridized carbons (Fsp3) is 0.500. The molecule has 7 nitrogen and oxygen atoms in total. The summed E-state index contributed by atoms with van der Waals surface area (Å²) in [6.07, 6.45) is 9.63. The van der Waals surface area contributed by atoms with Gasteiger partial charge in [-0.05, 0) is 24.5 Å². The maximum atomic E-state index is 4.21. The SMILES string of the molecule is CN=C(NCCCn1cccn1)NCCc1cnn(C)c1. The maximum Gasteiger partial charge on any atom is 0.190 e. The molecule has 0 spiro atoms. The van der Waals surface area contributed by atoms with Crippen molar-refractivity contribution in [2.45, 2.75) is 19.4 Å². The second kappa shape index (κ2) is 8.08. The summed E-state index contributed by atoms with van der Waals surface area (Å²) in [6, 6.07) is 1.94. The van der Waals surface area contributed by atoms with E-state index in [0.29, 0.717) is 0 Å². The van der Waals surface area contributed by atoms with Crippen molar-refractivity contribution in [1.29, 1.82) is 0 Å². The molecular weight excluding hydrogens is 266 g/mol. The molecule has 0 fully saturated rings. The number of rotatable bonds is 7. The monoisotopic (exact) mass is 289 g/mol. The molecule has 114 valence electrons. The Labute approximate surface area is 125 Å². The van der Waals surface area contributed by atoms with Crippen LogP contribution in [-0.4, -0.2) is 45.7 Å². The summed E-state index contributed by atoms with van der Waals surface area (Å²) < 4.78 is 3.75. The first kappa shape index (κ1) is 15.1. The van der Waals surface area contributed by atoms with E-state index in [0.717, 1.165) is 38.4 Å². The molecule has 7 heteroatoms. The van der Waals surface area contributed by atoms with Crippen LogP contribution in [-0.2, 0) is 20.0 Å². The lowest BCUT2D eigenvalue weighted by Crippen LogP contribution is -2.38. The summed E-state index contributed by atoms with van der Waals surface area (Å²) in [5.74, 6) is 0.833. The van der Waals surface area contributed by atoms with Gasteiger partial charge in [0, 0.05) is 52.3 Å². The second-order valence-corrected chi connectivity index (χ2v) is 4.82. The molecule has 0 amide bonds. The first-order chi connectivity index (χ1) is 10.3. The molecule has 21 heavy (non-hydrogen) atoms. The van der Waals surface area contributed by atoms with Crippen LogP contribution < -0.4 is 10.6 Å². The van der Waals surface area contributed by atoms with Gasteiger partial charge >= 0.3 is 0 Å². The number of hydrogen-bond donors (Lipinski definition) is 2. The summed E-state index contributed by atoms with van der Waals surface area (Å²) in [6.45, 7) is 2.61. The molecule has 0 aromatic carbocycles. The number of aryl methyl sites for hydroxylation is 2. The lowest BCUT2D eigenvalue weighted by atomic mass is 10.2. The highest BCUT2D eigenvalue weighted by atomic mass is 15.3. The molecule has 0 aliphatic rings. The van der Waals surface area contributed by atoms with Crippen molar-refractivity contribution in [3.05, 3.63) is 36.4 Å². The molecule has 2 N–H and O–H groups in total. The number of aliphatic imine (C=N–C) groups is 1. The van der Waals surface area contributed by atoms with Gasteiger partial charge in [-0.15, -0.1) is 0 Å². The summed E-state index contributed by atoms with van der Waals surface area (Å²) in [5.41, 5.74) is 1.22. The molecule has 2 aromatic heterocycles. The molecule has 2 aromatic rings. The molecule has 0 radical (unpaired) electrons. The van der Waals surface area contributed by atoms with Gasteiger partial charge < -0.3 is 10.6 Å². The molecule has 2 heterocycles. The van der Waals surface area contributed by atoms with E-state index in [-0.39, 0.29) is 0 Å². The summed E-state index contributed by atoms with van der Waals surface area (Å²) in [5, 5.41) is 14.9. The predicted molar refractivity (Wildman–Crippen MR) is 83.1 cm³/mol. The predicted octanol–water partition coefficient (Wildman–Crippen LogP) is 0.414. The Morgan fingerprint density at radius 1 is 1.29 bits per heavy atom. The molecular formula is C14H23N7. The highest BCUT2D eigenvalue weighted by molar-refractivity contribution is 5.79. The van der Waals surface area contributed by atoms with Crippen LogP contribution in [0.3, 0.4) is 0 Å². The van der Waals surface area contributed by atoms with Crippen molar-refractivity contribution >= 4 is 5.96 Å². The lowest BCUT2D eigenvalue weighted by Gasteiger charge is -2.11. The molecule has 0 atom stereocenters. The average molecular weight is 289 g/mol. The molecule has 0 aliphatic carbocycles. The Balaban J connectivity index is 1.59. The van der Waals surface area contributed by atoms with Crippen LogP contribution in [0.5, 0.6) is 0 Å². The van der Waals surface area contributed by atoms with Crippen LogP contribution in [0.4, 0.5) is 0 Å². The maximum absolute atomic E-state index is 4.21. The molecule has 0 saturated heterocycles. The van der Waals surface area contributed by atoms with E-state index in [1.807, 2.05) is 41.1 Å². The molecule has 2 rings (SSSR count). The third-order valence-corrected chi connectivity index (χ3v) is 3.10. The number of nitrogens with one attached hydrogen (secondary N) is 2. The van der Waals surface area contributed by atoms with E-state index in [9.17, 15) is 0 Å². The third-order valence-electron chi connectivity index (χ3n) is 3.10. The topological polar surface area (TPSA) is 72.1 Å². The normalized spacial score (nSPS) is 11.6.